The molecule has 0 unspecified atom stereocenters. The van der Waals surface area contributed by atoms with Crippen molar-refractivity contribution in [1.82, 2.24) is 25.1 Å². The minimum Gasteiger partial charge on any atom is -0.405 e. The normalized spacial score (nSPS) is 10.6. The van der Waals surface area contributed by atoms with Crippen LogP contribution in [0.25, 0.3) is 5.52 Å². The lowest BCUT2D eigenvalue weighted by Gasteiger charge is -2.12. The molecule has 2 radical (unpaired) electrons. The number of nitrogens with zero attached hydrogens (tertiary/aromatic N) is 3. The summed E-state index contributed by atoms with van der Waals surface area (Å²) in [5.74, 6) is -0.0148. The van der Waals surface area contributed by atoms with Crippen LogP contribution in [-0.4, -0.2) is 40.9 Å². The van der Waals surface area contributed by atoms with Gasteiger partial charge >= 0.3 is 0 Å². The molecule has 0 aliphatic heterocycles. The molecule has 136 valence electrons. The first-order valence-corrected chi connectivity index (χ1v) is 8.46. The van der Waals surface area contributed by atoms with Crippen LogP contribution in [-0.2, 0) is 0 Å². The van der Waals surface area contributed by atoms with Gasteiger partial charge in [-0.2, -0.15) is 5.10 Å². The first-order valence-electron chi connectivity index (χ1n) is 8.46. The number of aryl methyl sites for hydroxylation is 2. The van der Waals surface area contributed by atoms with Crippen molar-refractivity contribution >= 4 is 36.8 Å². The number of carbonyl (C=O) groups excluding carboxylic acids is 2. The Morgan fingerprint density at radius 1 is 1.22 bits per heavy atom. The van der Waals surface area contributed by atoms with Crippen LogP contribution >= 0.6 is 0 Å². The van der Waals surface area contributed by atoms with E-state index in [-0.39, 0.29) is 11.8 Å². The number of amides is 2. The molecule has 0 atom stereocenters. The standard InChI is InChI=1S/C18H19BN6O2/c1-4-20-18(27)13-8-25-15(11(13)3)16(21-9-22-25)23-14-7-12(17(26)24-19)6-5-10(14)2/h5-9H,4H2,1-3H3,(H,20,27)(H,24,26)(H,21,22,23). The fourth-order valence-electron chi connectivity index (χ4n) is 2.85. The molecule has 0 saturated carbocycles. The SMILES string of the molecule is [B]NC(=O)c1ccc(C)c(Nc2ncnn3cc(C(=O)NCC)c(C)c23)c1. The Hall–Kier alpha value is -3.36. The third kappa shape index (κ3) is 3.48. The summed E-state index contributed by atoms with van der Waals surface area (Å²) in [5.41, 5.74) is 4.04. The van der Waals surface area contributed by atoms with Crippen molar-refractivity contribution in [1.29, 1.82) is 0 Å². The van der Waals surface area contributed by atoms with Crippen LogP contribution in [0.15, 0.2) is 30.7 Å². The molecule has 0 fully saturated rings. The Morgan fingerprint density at radius 3 is 2.70 bits per heavy atom. The first-order chi connectivity index (χ1) is 13.0. The van der Waals surface area contributed by atoms with E-state index < -0.39 is 0 Å². The highest BCUT2D eigenvalue weighted by Crippen LogP contribution is 2.27. The summed E-state index contributed by atoms with van der Waals surface area (Å²) in [6.45, 7) is 6.16. The van der Waals surface area contributed by atoms with Gasteiger partial charge in [0.05, 0.1) is 5.56 Å². The quantitative estimate of drug-likeness (QED) is 0.600. The van der Waals surface area contributed by atoms with Crippen LogP contribution in [0.2, 0.25) is 0 Å². The first kappa shape index (κ1) is 18.4. The Balaban J connectivity index is 2.06. The minimum atomic E-state index is -0.386. The number of anilines is 2. The fourth-order valence-corrected chi connectivity index (χ4v) is 2.85. The van der Waals surface area contributed by atoms with E-state index in [9.17, 15) is 9.59 Å². The van der Waals surface area contributed by atoms with Gasteiger partial charge in [0.2, 0.25) is 13.9 Å². The van der Waals surface area contributed by atoms with E-state index in [0.29, 0.717) is 34.7 Å². The van der Waals surface area contributed by atoms with E-state index in [1.807, 2.05) is 26.8 Å². The Bertz CT molecular complexity index is 1030. The molecule has 9 heteroatoms. The highest BCUT2D eigenvalue weighted by molar-refractivity contribution is 6.18. The molecule has 0 saturated heterocycles. The number of hydrogen-bond acceptors (Lipinski definition) is 5. The predicted molar refractivity (Wildman–Crippen MR) is 103 cm³/mol. The van der Waals surface area contributed by atoms with Gasteiger partial charge in [-0.1, -0.05) is 6.07 Å². The van der Waals surface area contributed by atoms with Gasteiger partial charge in [-0.25, -0.2) is 9.50 Å². The second-order valence-electron chi connectivity index (χ2n) is 6.06. The van der Waals surface area contributed by atoms with Gasteiger partial charge in [0.25, 0.3) is 5.91 Å². The molecule has 2 aromatic heterocycles. The number of fused-ring (bicyclic) bond motifs is 1. The fraction of sp³-hybridized carbons (Fsp3) is 0.222. The topological polar surface area (TPSA) is 100 Å². The second kappa shape index (κ2) is 7.49. The minimum absolute atomic E-state index is 0.163. The summed E-state index contributed by atoms with van der Waals surface area (Å²) in [6.07, 6.45) is 3.08. The molecule has 27 heavy (non-hydrogen) atoms. The molecule has 0 spiro atoms. The van der Waals surface area contributed by atoms with Crippen molar-refractivity contribution < 1.29 is 9.59 Å². The van der Waals surface area contributed by atoms with Crippen LogP contribution in [0.5, 0.6) is 0 Å². The number of hydrogen-bond donors (Lipinski definition) is 3. The maximum atomic E-state index is 12.3. The van der Waals surface area contributed by atoms with Gasteiger partial charge in [-0.05, 0) is 44.0 Å². The maximum Gasteiger partial charge on any atom is 0.253 e. The summed E-state index contributed by atoms with van der Waals surface area (Å²) in [7, 11) is 5.21. The summed E-state index contributed by atoms with van der Waals surface area (Å²) in [5, 5.41) is 12.3. The number of rotatable bonds is 5. The largest absolute Gasteiger partial charge is 0.405 e. The van der Waals surface area contributed by atoms with Crippen LogP contribution in [0.1, 0.15) is 38.8 Å². The van der Waals surface area contributed by atoms with Crippen molar-refractivity contribution in [3.63, 3.8) is 0 Å². The van der Waals surface area contributed by atoms with E-state index in [1.54, 1.807) is 22.8 Å². The number of benzene rings is 1. The molecule has 3 rings (SSSR count). The summed E-state index contributed by atoms with van der Waals surface area (Å²) < 4.78 is 1.61. The van der Waals surface area contributed by atoms with Crippen LogP contribution < -0.4 is 15.9 Å². The van der Waals surface area contributed by atoms with Crippen molar-refractivity contribution in [3.8, 4) is 0 Å². The smallest absolute Gasteiger partial charge is 0.253 e. The van der Waals surface area contributed by atoms with Gasteiger partial charge in [0, 0.05) is 24.0 Å². The third-order valence-electron chi connectivity index (χ3n) is 4.29. The third-order valence-corrected chi connectivity index (χ3v) is 4.29. The van der Waals surface area contributed by atoms with Gasteiger partial charge in [-0.15, -0.1) is 0 Å². The molecule has 0 aliphatic rings. The summed E-state index contributed by atoms with van der Waals surface area (Å²) in [4.78, 5) is 28.4. The van der Waals surface area contributed by atoms with Gasteiger partial charge in [0.15, 0.2) is 5.82 Å². The van der Waals surface area contributed by atoms with Crippen LogP contribution in [0.3, 0.4) is 0 Å². The van der Waals surface area contributed by atoms with Crippen molar-refractivity contribution in [3.05, 3.63) is 53.0 Å². The number of aromatic nitrogens is 3. The van der Waals surface area contributed by atoms with E-state index in [1.165, 1.54) is 6.33 Å². The lowest BCUT2D eigenvalue weighted by molar-refractivity contribution is 0.0953. The van der Waals surface area contributed by atoms with Crippen molar-refractivity contribution in [2.75, 3.05) is 11.9 Å². The maximum absolute atomic E-state index is 12.3. The zero-order chi connectivity index (χ0) is 19.6. The van der Waals surface area contributed by atoms with Crippen LogP contribution in [0.4, 0.5) is 11.5 Å². The van der Waals surface area contributed by atoms with Gasteiger partial charge < -0.3 is 15.9 Å². The lowest BCUT2D eigenvalue weighted by Crippen LogP contribution is -2.22. The molecular weight excluding hydrogens is 343 g/mol. The Kier molecular flexibility index (Phi) is 5.11. The monoisotopic (exact) mass is 362 g/mol. The van der Waals surface area contributed by atoms with E-state index >= 15 is 0 Å². The lowest BCUT2D eigenvalue weighted by atomic mass is 10.1. The zero-order valence-electron chi connectivity index (χ0n) is 15.3. The number of nitrogens with one attached hydrogen (secondary N) is 3. The van der Waals surface area contributed by atoms with E-state index in [4.69, 9.17) is 7.98 Å². The Labute approximate surface area is 157 Å². The number of carbonyl (C=O) groups is 2. The molecule has 3 N–H and O–H groups in total. The second-order valence-corrected chi connectivity index (χ2v) is 6.06. The van der Waals surface area contributed by atoms with E-state index in [2.05, 4.69) is 25.9 Å². The van der Waals surface area contributed by atoms with Crippen molar-refractivity contribution in [2.45, 2.75) is 20.8 Å². The highest BCUT2D eigenvalue weighted by atomic mass is 16.2. The highest BCUT2D eigenvalue weighted by Gasteiger charge is 2.18. The average Bonchev–Trinajstić information content (AvgIpc) is 3.01. The molecular formula is C18H19BN6O2. The Morgan fingerprint density at radius 2 is 2.00 bits per heavy atom. The van der Waals surface area contributed by atoms with Gasteiger partial charge in [-0.3, -0.25) is 9.59 Å². The van der Waals surface area contributed by atoms with Gasteiger partial charge in [0.1, 0.15) is 11.8 Å². The van der Waals surface area contributed by atoms with Crippen LogP contribution in [0, 0.1) is 13.8 Å². The van der Waals surface area contributed by atoms with Crippen molar-refractivity contribution in [2.24, 2.45) is 0 Å². The molecule has 3 aromatic rings. The molecule has 8 nitrogen and oxygen atoms in total. The predicted octanol–water partition coefficient (Wildman–Crippen LogP) is 1.65. The summed E-state index contributed by atoms with van der Waals surface area (Å²) >= 11 is 0. The average molecular weight is 362 g/mol. The molecule has 2 heterocycles. The van der Waals surface area contributed by atoms with E-state index in [0.717, 1.165) is 11.1 Å². The molecule has 0 bridgehead atoms. The molecule has 0 aliphatic carbocycles. The molecule has 2 amide bonds. The molecule has 1 aromatic carbocycles. The summed E-state index contributed by atoms with van der Waals surface area (Å²) in [6, 6.07) is 5.20. The zero-order valence-corrected chi connectivity index (χ0v) is 15.3.